The summed E-state index contributed by atoms with van der Waals surface area (Å²) in [7, 11) is -4.02. The van der Waals surface area contributed by atoms with Gasteiger partial charge in [-0.1, -0.05) is 13.3 Å². The van der Waals surface area contributed by atoms with Crippen LogP contribution in [0.1, 0.15) is 42.3 Å². The van der Waals surface area contributed by atoms with E-state index in [0.29, 0.717) is 25.7 Å². The van der Waals surface area contributed by atoms with Crippen LogP contribution in [-0.4, -0.2) is 48.0 Å². The van der Waals surface area contributed by atoms with Crippen LogP contribution in [0.5, 0.6) is 0 Å². The molecule has 9 heteroatoms. The van der Waals surface area contributed by atoms with Gasteiger partial charge in [-0.15, -0.1) is 11.3 Å². The highest BCUT2D eigenvalue weighted by Gasteiger charge is 2.45. The van der Waals surface area contributed by atoms with Crippen molar-refractivity contribution in [3.63, 3.8) is 0 Å². The summed E-state index contributed by atoms with van der Waals surface area (Å²) >= 11 is 0.843. The first-order valence-corrected chi connectivity index (χ1v) is 9.61. The van der Waals surface area contributed by atoms with Crippen molar-refractivity contribution in [3.05, 3.63) is 16.3 Å². The van der Waals surface area contributed by atoms with E-state index in [1.54, 1.807) is 0 Å². The van der Waals surface area contributed by atoms with Crippen LogP contribution in [0.2, 0.25) is 0 Å². The minimum absolute atomic E-state index is 0.118. The number of carbonyl (C=O) groups is 2. The topological polar surface area (TPSA) is 112 Å². The molecule has 0 spiro atoms. The Labute approximate surface area is 138 Å². The van der Waals surface area contributed by atoms with E-state index in [2.05, 4.69) is 0 Å². The van der Waals surface area contributed by atoms with Crippen LogP contribution in [0.25, 0.3) is 0 Å². The van der Waals surface area contributed by atoms with Crippen LogP contribution in [0, 0.1) is 5.41 Å². The molecular formula is C14H19NO6S2. The van der Waals surface area contributed by atoms with E-state index < -0.39 is 27.4 Å². The summed E-state index contributed by atoms with van der Waals surface area (Å²) in [5.74, 6) is -2.29. The third-order valence-corrected chi connectivity index (χ3v) is 7.08. The predicted octanol–water partition coefficient (Wildman–Crippen LogP) is 2.10. The van der Waals surface area contributed by atoms with Crippen molar-refractivity contribution in [1.29, 1.82) is 0 Å². The van der Waals surface area contributed by atoms with Crippen molar-refractivity contribution >= 4 is 33.3 Å². The number of hydrogen-bond donors (Lipinski definition) is 2. The monoisotopic (exact) mass is 361 g/mol. The highest BCUT2D eigenvalue weighted by Crippen LogP contribution is 2.38. The van der Waals surface area contributed by atoms with Gasteiger partial charge in [-0.3, -0.25) is 4.79 Å². The van der Waals surface area contributed by atoms with E-state index in [9.17, 15) is 23.1 Å². The Hall–Kier alpha value is -1.45. The van der Waals surface area contributed by atoms with Crippen LogP contribution < -0.4 is 0 Å². The normalized spacial score (nSPS) is 22.8. The van der Waals surface area contributed by atoms with Gasteiger partial charge in [0.05, 0.1) is 5.41 Å². The molecule has 2 N–H and O–H groups in total. The molecule has 1 atom stereocenters. The quantitative estimate of drug-likeness (QED) is 0.802. The van der Waals surface area contributed by atoms with Gasteiger partial charge < -0.3 is 10.2 Å². The van der Waals surface area contributed by atoms with Gasteiger partial charge in [-0.05, 0) is 30.7 Å². The molecule has 1 aliphatic heterocycles. The zero-order valence-corrected chi connectivity index (χ0v) is 14.3. The summed E-state index contributed by atoms with van der Waals surface area (Å²) in [6, 6.07) is 1.26. The second-order valence-electron chi connectivity index (χ2n) is 5.70. The molecule has 1 saturated heterocycles. The van der Waals surface area contributed by atoms with Gasteiger partial charge >= 0.3 is 11.9 Å². The van der Waals surface area contributed by atoms with Crippen LogP contribution in [0.15, 0.2) is 16.3 Å². The number of hydrogen-bond acceptors (Lipinski definition) is 5. The molecule has 23 heavy (non-hydrogen) atoms. The predicted molar refractivity (Wildman–Crippen MR) is 84.2 cm³/mol. The van der Waals surface area contributed by atoms with Gasteiger partial charge in [0.1, 0.15) is 9.77 Å². The standard InChI is InChI=1S/C14H19NO6S2/c1-2-5-14(13(18)19)6-3-7-15(9-14)23(20,21)10-4-8-22-11(10)12(16)17/h4,8H,2-3,5-7,9H2,1H3,(H,16,17)(H,18,19). The highest BCUT2D eigenvalue weighted by atomic mass is 32.2. The van der Waals surface area contributed by atoms with E-state index in [1.807, 2.05) is 6.92 Å². The van der Waals surface area contributed by atoms with Gasteiger partial charge in [0.2, 0.25) is 10.0 Å². The molecule has 1 aliphatic rings. The SMILES string of the molecule is CCCC1(C(=O)O)CCCN(S(=O)(=O)c2ccsc2C(=O)O)C1. The first-order chi connectivity index (χ1) is 10.7. The lowest BCUT2D eigenvalue weighted by atomic mass is 9.77. The van der Waals surface area contributed by atoms with Gasteiger partial charge in [-0.2, -0.15) is 4.31 Å². The van der Waals surface area contributed by atoms with E-state index in [0.717, 1.165) is 15.6 Å². The lowest BCUT2D eigenvalue weighted by Gasteiger charge is -2.39. The fourth-order valence-corrected chi connectivity index (χ4v) is 5.85. The van der Waals surface area contributed by atoms with E-state index in [-0.39, 0.29) is 22.9 Å². The zero-order valence-electron chi connectivity index (χ0n) is 12.7. The van der Waals surface area contributed by atoms with Crippen LogP contribution in [0.4, 0.5) is 0 Å². The molecule has 0 amide bonds. The Kier molecular flexibility index (Phi) is 5.12. The fraction of sp³-hybridized carbons (Fsp3) is 0.571. The minimum Gasteiger partial charge on any atom is -0.481 e. The number of thiophene rings is 1. The first kappa shape index (κ1) is 17.9. The molecule has 1 aromatic heterocycles. The van der Waals surface area contributed by atoms with Crippen molar-refractivity contribution in [1.82, 2.24) is 4.31 Å². The van der Waals surface area contributed by atoms with Gasteiger partial charge in [-0.25, -0.2) is 13.2 Å². The summed E-state index contributed by atoms with van der Waals surface area (Å²) < 4.78 is 26.6. The van der Waals surface area contributed by atoms with Crippen molar-refractivity contribution in [2.24, 2.45) is 5.41 Å². The molecule has 1 aromatic rings. The number of carboxylic acid groups (broad SMARTS) is 2. The van der Waals surface area contributed by atoms with Gasteiger partial charge in [0, 0.05) is 13.1 Å². The first-order valence-electron chi connectivity index (χ1n) is 7.29. The molecule has 2 heterocycles. The average molecular weight is 361 g/mol. The molecule has 0 saturated carbocycles. The Bertz CT molecular complexity index is 707. The fourth-order valence-electron chi connectivity index (χ4n) is 3.05. The maximum Gasteiger partial charge on any atom is 0.347 e. The van der Waals surface area contributed by atoms with Crippen LogP contribution >= 0.6 is 11.3 Å². The number of carboxylic acids is 2. The number of rotatable bonds is 6. The number of nitrogens with zero attached hydrogens (tertiary/aromatic N) is 1. The average Bonchev–Trinajstić information content (AvgIpc) is 2.98. The second-order valence-corrected chi connectivity index (χ2v) is 8.52. The maximum atomic E-state index is 12.8. The van der Waals surface area contributed by atoms with Crippen molar-refractivity contribution in [3.8, 4) is 0 Å². The molecule has 1 unspecified atom stereocenters. The lowest BCUT2D eigenvalue weighted by molar-refractivity contribution is -0.151. The summed E-state index contributed by atoms with van der Waals surface area (Å²) in [5, 5.41) is 20.1. The summed E-state index contributed by atoms with van der Waals surface area (Å²) in [6.07, 6.45) is 1.90. The molecule has 1 fully saturated rings. The van der Waals surface area contributed by atoms with Gasteiger partial charge in [0.25, 0.3) is 0 Å². The third kappa shape index (κ3) is 3.26. The molecule has 0 bridgehead atoms. The van der Waals surface area contributed by atoms with E-state index >= 15 is 0 Å². The Morgan fingerprint density at radius 2 is 2.09 bits per heavy atom. The second kappa shape index (κ2) is 6.58. The van der Waals surface area contributed by atoms with Crippen molar-refractivity contribution in [2.45, 2.75) is 37.5 Å². The highest BCUT2D eigenvalue weighted by molar-refractivity contribution is 7.89. The van der Waals surface area contributed by atoms with E-state index in [1.165, 1.54) is 11.4 Å². The molecule has 0 aromatic carbocycles. The van der Waals surface area contributed by atoms with Crippen molar-refractivity contribution in [2.75, 3.05) is 13.1 Å². The Balaban J connectivity index is 2.38. The smallest absolute Gasteiger partial charge is 0.347 e. The summed E-state index contributed by atoms with van der Waals surface area (Å²) in [5.41, 5.74) is -1.10. The number of aliphatic carboxylic acids is 1. The molecule has 0 aliphatic carbocycles. The zero-order chi connectivity index (χ0) is 17.3. The summed E-state index contributed by atoms with van der Waals surface area (Å²) in [4.78, 5) is 22.4. The Morgan fingerprint density at radius 3 is 2.65 bits per heavy atom. The Morgan fingerprint density at radius 1 is 1.39 bits per heavy atom. The molecule has 7 nitrogen and oxygen atoms in total. The molecule has 0 radical (unpaired) electrons. The van der Waals surface area contributed by atoms with Crippen molar-refractivity contribution < 1.29 is 28.2 Å². The molecular weight excluding hydrogens is 342 g/mol. The lowest BCUT2D eigenvalue weighted by Crippen LogP contribution is -2.49. The van der Waals surface area contributed by atoms with E-state index in [4.69, 9.17) is 5.11 Å². The number of piperidine rings is 1. The summed E-state index contributed by atoms with van der Waals surface area (Å²) in [6.45, 7) is 1.95. The largest absolute Gasteiger partial charge is 0.481 e. The molecule has 128 valence electrons. The van der Waals surface area contributed by atoms with Crippen LogP contribution in [0.3, 0.4) is 0 Å². The molecule has 2 rings (SSSR count). The maximum absolute atomic E-state index is 12.8. The van der Waals surface area contributed by atoms with Gasteiger partial charge in [0.15, 0.2) is 0 Å². The third-order valence-electron chi connectivity index (χ3n) is 4.17. The number of sulfonamides is 1. The minimum atomic E-state index is -4.02. The van der Waals surface area contributed by atoms with Crippen LogP contribution in [-0.2, 0) is 14.8 Å². The number of aromatic carboxylic acids is 1.